The highest BCUT2D eigenvalue weighted by Crippen LogP contribution is 2.14. The van der Waals surface area contributed by atoms with E-state index in [1.165, 1.54) is 6.92 Å². The van der Waals surface area contributed by atoms with E-state index in [0.29, 0.717) is 5.56 Å². The van der Waals surface area contributed by atoms with Crippen molar-refractivity contribution in [2.75, 3.05) is 0 Å². The Labute approximate surface area is 122 Å². The molecule has 1 aromatic heterocycles. The van der Waals surface area contributed by atoms with Gasteiger partial charge in [0.1, 0.15) is 0 Å². The van der Waals surface area contributed by atoms with Crippen LogP contribution in [0.4, 0.5) is 0 Å². The van der Waals surface area contributed by atoms with Crippen molar-refractivity contribution >= 4 is 11.9 Å². The average molecular weight is 287 g/mol. The SMILES string of the molecule is Cc1cc(C)n(-c2ccc(C(=O)OC(C)C(N)=O)cc2)n1. The Hall–Kier alpha value is -2.63. The molecule has 1 heterocycles. The molecule has 6 nitrogen and oxygen atoms in total. The quantitative estimate of drug-likeness (QED) is 0.864. The second kappa shape index (κ2) is 5.78. The van der Waals surface area contributed by atoms with Crippen LogP contribution in [0.3, 0.4) is 0 Å². The van der Waals surface area contributed by atoms with Gasteiger partial charge in [-0.3, -0.25) is 4.79 Å². The lowest BCUT2D eigenvalue weighted by atomic mass is 10.2. The number of carbonyl (C=O) groups is 2. The molecule has 0 aliphatic rings. The van der Waals surface area contributed by atoms with Gasteiger partial charge in [-0.05, 0) is 51.1 Å². The van der Waals surface area contributed by atoms with Gasteiger partial charge in [-0.15, -0.1) is 0 Å². The molecule has 0 aliphatic heterocycles. The third-order valence-electron chi connectivity index (χ3n) is 3.04. The van der Waals surface area contributed by atoms with Crippen molar-refractivity contribution in [2.24, 2.45) is 5.73 Å². The number of ether oxygens (including phenoxy) is 1. The fourth-order valence-electron chi connectivity index (χ4n) is 1.92. The van der Waals surface area contributed by atoms with Crippen LogP contribution in [-0.4, -0.2) is 27.8 Å². The second-order valence-electron chi connectivity index (χ2n) is 4.84. The average Bonchev–Trinajstić information content (AvgIpc) is 2.77. The van der Waals surface area contributed by atoms with Gasteiger partial charge in [0.05, 0.1) is 16.9 Å². The Bertz CT molecular complexity index is 674. The van der Waals surface area contributed by atoms with Crippen LogP contribution in [0.15, 0.2) is 30.3 Å². The molecule has 1 aromatic carbocycles. The van der Waals surface area contributed by atoms with Crippen molar-refractivity contribution < 1.29 is 14.3 Å². The van der Waals surface area contributed by atoms with E-state index in [4.69, 9.17) is 10.5 Å². The molecule has 1 amide bonds. The lowest BCUT2D eigenvalue weighted by Crippen LogP contribution is -2.30. The minimum Gasteiger partial charge on any atom is -0.449 e. The number of carbonyl (C=O) groups excluding carboxylic acids is 2. The van der Waals surface area contributed by atoms with Crippen LogP contribution in [-0.2, 0) is 9.53 Å². The highest BCUT2D eigenvalue weighted by molar-refractivity contribution is 5.92. The van der Waals surface area contributed by atoms with Gasteiger partial charge in [0.25, 0.3) is 5.91 Å². The lowest BCUT2D eigenvalue weighted by molar-refractivity contribution is -0.125. The molecule has 0 radical (unpaired) electrons. The molecule has 2 aromatic rings. The number of rotatable bonds is 4. The van der Waals surface area contributed by atoms with E-state index < -0.39 is 18.0 Å². The zero-order valence-electron chi connectivity index (χ0n) is 12.2. The van der Waals surface area contributed by atoms with E-state index in [-0.39, 0.29) is 0 Å². The van der Waals surface area contributed by atoms with Crippen molar-refractivity contribution in [1.82, 2.24) is 9.78 Å². The van der Waals surface area contributed by atoms with E-state index >= 15 is 0 Å². The number of hydrogen-bond donors (Lipinski definition) is 1. The summed E-state index contributed by atoms with van der Waals surface area (Å²) < 4.78 is 6.72. The van der Waals surface area contributed by atoms with Crippen LogP contribution in [0.1, 0.15) is 28.7 Å². The molecule has 6 heteroatoms. The maximum atomic E-state index is 11.8. The van der Waals surface area contributed by atoms with Crippen molar-refractivity contribution in [3.05, 3.63) is 47.3 Å². The Morgan fingerprint density at radius 3 is 2.33 bits per heavy atom. The maximum absolute atomic E-state index is 11.8. The van der Waals surface area contributed by atoms with Crippen LogP contribution >= 0.6 is 0 Å². The molecular weight excluding hydrogens is 270 g/mol. The Balaban J connectivity index is 2.17. The topological polar surface area (TPSA) is 87.2 Å². The van der Waals surface area contributed by atoms with E-state index in [0.717, 1.165) is 17.1 Å². The molecule has 0 fully saturated rings. The maximum Gasteiger partial charge on any atom is 0.338 e. The summed E-state index contributed by atoms with van der Waals surface area (Å²) in [6.07, 6.45) is -0.951. The van der Waals surface area contributed by atoms with Crippen molar-refractivity contribution in [3.63, 3.8) is 0 Å². The fraction of sp³-hybridized carbons (Fsp3) is 0.267. The highest BCUT2D eigenvalue weighted by atomic mass is 16.5. The largest absolute Gasteiger partial charge is 0.449 e. The number of hydrogen-bond acceptors (Lipinski definition) is 4. The molecule has 0 bridgehead atoms. The van der Waals surface area contributed by atoms with E-state index in [1.807, 2.05) is 19.9 Å². The summed E-state index contributed by atoms with van der Waals surface area (Å²) in [5.74, 6) is -1.26. The number of primary amides is 1. The van der Waals surface area contributed by atoms with Crippen LogP contribution in [0.5, 0.6) is 0 Å². The summed E-state index contributed by atoms with van der Waals surface area (Å²) in [6.45, 7) is 5.31. The first kappa shape index (κ1) is 14.8. The summed E-state index contributed by atoms with van der Waals surface area (Å²) in [6, 6.07) is 8.76. The Morgan fingerprint density at radius 2 is 1.86 bits per heavy atom. The fourth-order valence-corrected chi connectivity index (χ4v) is 1.92. The second-order valence-corrected chi connectivity index (χ2v) is 4.84. The minimum absolute atomic E-state index is 0.355. The lowest BCUT2D eigenvalue weighted by Gasteiger charge is -2.10. The van der Waals surface area contributed by atoms with Crippen molar-refractivity contribution in [1.29, 1.82) is 0 Å². The predicted octanol–water partition coefficient (Wildman–Crippen LogP) is 1.52. The monoisotopic (exact) mass is 287 g/mol. The highest BCUT2D eigenvalue weighted by Gasteiger charge is 2.16. The number of nitrogens with two attached hydrogens (primary N) is 1. The van der Waals surface area contributed by atoms with E-state index in [1.54, 1.807) is 28.9 Å². The smallest absolute Gasteiger partial charge is 0.338 e. The van der Waals surface area contributed by atoms with Crippen LogP contribution in [0.25, 0.3) is 5.69 Å². The first-order valence-electron chi connectivity index (χ1n) is 6.52. The van der Waals surface area contributed by atoms with Gasteiger partial charge in [0.15, 0.2) is 6.10 Å². The number of esters is 1. The summed E-state index contributed by atoms with van der Waals surface area (Å²) in [5.41, 5.74) is 8.18. The summed E-state index contributed by atoms with van der Waals surface area (Å²) in [7, 11) is 0. The zero-order chi connectivity index (χ0) is 15.6. The Morgan fingerprint density at radius 1 is 1.24 bits per heavy atom. The van der Waals surface area contributed by atoms with Crippen LogP contribution in [0, 0.1) is 13.8 Å². The molecule has 1 unspecified atom stereocenters. The number of nitrogens with zero attached hydrogens (tertiary/aromatic N) is 2. The van der Waals surface area contributed by atoms with E-state index in [9.17, 15) is 9.59 Å². The molecule has 2 rings (SSSR count). The Kier molecular flexibility index (Phi) is 4.07. The van der Waals surface area contributed by atoms with Gasteiger partial charge in [-0.2, -0.15) is 5.10 Å². The van der Waals surface area contributed by atoms with Gasteiger partial charge in [-0.25, -0.2) is 9.48 Å². The number of benzene rings is 1. The van der Waals surface area contributed by atoms with Crippen molar-refractivity contribution in [3.8, 4) is 5.69 Å². The number of aromatic nitrogens is 2. The summed E-state index contributed by atoms with van der Waals surface area (Å²) >= 11 is 0. The molecule has 110 valence electrons. The molecule has 0 aliphatic carbocycles. The molecule has 2 N–H and O–H groups in total. The van der Waals surface area contributed by atoms with Gasteiger partial charge in [0.2, 0.25) is 0 Å². The normalized spacial score (nSPS) is 12.0. The summed E-state index contributed by atoms with van der Waals surface area (Å²) in [4.78, 5) is 22.7. The van der Waals surface area contributed by atoms with Crippen LogP contribution < -0.4 is 5.73 Å². The molecule has 21 heavy (non-hydrogen) atoms. The molecule has 0 spiro atoms. The standard InChI is InChI=1S/C15H17N3O3/c1-9-8-10(2)18(17-9)13-6-4-12(5-7-13)15(20)21-11(3)14(16)19/h4-8,11H,1-3H3,(H2,16,19). The van der Waals surface area contributed by atoms with Gasteiger partial charge in [0, 0.05) is 5.69 Å². The zero-order valence-corrected chi connectivity index (χ0v) is 12.2. The van der Waals surface area contributed by atoms with Gasteiger partial charge in [-0.1, -0.05) is 0 Å². The summed E-state index contributed by atoms with van der Waals surface area (Å²) in [5, 5.41) is 4.37. The van der Waals surface area contributed by atoms with Crippen molar-refractivity contribution in [2.45, 2.75) is 26.9 Å². The molecular formula is C15H17N3O3. The molecule has 0 saturated heterocycles. The van der Waals surface area contributed by atoms with Gasteiger partial charge >= 0.3 is 5.97 Å². The first-order valence-corrected chi connectivity index (χ1v) is 6.52. The van der Waals surface area contributed by atoms with Gasteiger partial charge < -0.3 is 10.5 Å². The first-order chi connectivity index (χ1) is 9.88. The van der Waals surface area contributed by atoms with Crippen LogP contribution in [0.2, 0.25) is 0 Å². The molecule has 1 atom stereocenters. The minimum atomic E-state index is -0.951. The molecule has 0 saturated carbocycles. The number of amides is 1. The number of aryl methyl sites for hydroxylation is 2. The predicted molar refractivity (Wildman–Crippen MR) is 77.1 cm³/mol. The third-order valence-corrected chi connectivity index (χ3v) is 3.04. The van der Waals surface area contributed by atoms with E-state index in [2.05, 4.69) is 5.10 Å². The third kappa shape index (κ3) is 3.28.